The summed E-state index contributed by atoms with van der Waals surface area (Å²) in [7, 11) is -1.18. The van der Waals surface area contributed by atoms with Crippen molar-refractivity contribution in [1.82, 2.24) is 15.0 Å². The fraction of sp³-hybridized carbons (Fsp3) is 0.235. The molecule has 2 heterocycles. The standard InChI is InChI=1S/C17H16BrN5O4S/c1-26-15-12(4-3-7-19)16(27-2)22-17(21-15)23-28(24,25)14-9-20-13-8-10(18)5-6-11(13)14/h5-6,8-9,20H,3-4H2,1-2H3,(H,21,22,23). The predicted molar refractivity (Wildman–Crippen MR) is 106 cm³/mol. The Morgan fingerprint density at radius 2 is 1.93 bits per heavy atom. The highest BCUT2D eigenvalue weighted by molar-refractivity contribution is 9.10. The normalized spacial score (nSPS) is 11.2. The summed E-state index contributed by atoms with van der Waals surface area (Å²) in [5.41, 5.74) is 1.16. The number of sulfonamides is 1. The molecule has 0 spiro atoms. The van der Waals surface area contributed by atoms with Crippen LogP contribution in [0, 0.1) is 11.3 Å². The number of rotatable bonds is 7. The Balaban J connectivity index is 2.00. The quantitative estimate of drug-likeness (QED) is 0.548. The van der Waals surface area contributed by atoms with Crippen LogP contribution in [0.2, 0.25) is 0 Å². The number of ether oxygens (including phenoxy) is 2. The van der Waals surface area contributed by atoms with Crippen LogP contribution < -0.4 is 14.2 Å². The number of aromatic amines is 1. The molecule has 2 N–H and O–H groups in total. The molecule has 0 amide bonds. The molecule has 146 valence electrons. The van der Waals surface area contributed by atoms with Crippen LogP contribution in [0.3, 0.4) is 0 Å². The molecule has 28 heavy (non-hydrogen) atoms. The second kappa shape index (κ2) is 8.04. The van der Waals surface area contributed by atoms with Crippen molar-refractivity contribution >= 4 is 42.8 Å². The van der Waals surface area contributed by atoms with E-state index >= 15 is 0 Å². The average molecular weight is 466 g/mol. The van der Waals surface area contributed by atoms with E-state index in [-0.39, 0.29) is 29.0 Å². The summed E-state index contributed by atoms with van der Waals surface area (Å²) in [5, 5.41) is 9.33. The number of H-pyrrole nitrogens is 1. The number of aromatic nitrogens is 3. The number of benzene rings is 1. The average Bonchev–Trinajstić information content (AvgIpc) is 3.09. The van der Waals surface area contributed by atoms with E-state index in [0.29, 0.717) is 22.9 Å². The topological polar surface area (TPSA) is 130 Å². The highest BCUT2D eigenvalue weighted by Crippen LogP contribution is 2.30. The third kappa shape index (κ3) is 3.88. The Labute approximate surface area is 169 Å². The van der Waals surface area contributed by atoms with Crippen molar-refractivity contribution in [3.05, 3.63) is 34.4 Å². The lowest BCUT2D eigenvalue weighted by molar-refractivity contribution is 0.364. The van der Waals surface area contributed by atoms with Gasteiger partial charge in [-0.1, -0.05) is 22.0 Å². The SMILES string of the molecule is COc1nc(NS(=O)(=O)c2c[nH]c3cc(Br)ccc23)nc(OC)c1CCC#N. The maximum Gasteiger partial charge on any atom is 0.266 e. The Bertz CT molecular complexity index is 1140. The maximum absolute atomic E-state index is 12.9. The lowest BCUT2D eigenvalue weighted by Gasteiger charge is -2.13. The lowest BCUT2D eigenvalue weighted by atomic mass is 10.2. The first-order valence-corrected chi connectivity index (χ1v) is 10.3. The molecular weight excluding hydrogens is 450 g/mol. The molecule has 11 heteroatoms. The number of methoxy groups -OCH3 is 2. The third-order valence-corrected chi connectivity index (χ3v) is 5.79. The van der Waals surface area contributed by atoms with Gasteiger partial charge in [-0.05, 0) is 18.6 Å². The molecule has 0 atom stereocenters. The summed E-state index contributed by atoms with van der Waals surface area (Å²) < 4.78 is 39.4. The lowest BCUT2D eigenvalue weighted by Crippen LogP contribution is -2.16. The Kier molecular flexibility index (Phi) is 5.71. The molecule has 0 saturated carbocycles. The highest BCUT2D eigenvalue weighted by atomic mass is 79.9. The van der Waals surface area contributed by atoms with Crippen LogP contribution in [0.1, 0.15) is 12.0 Å². The molecule has 3 aromatic rings. The van der Waals surface area contributed by atoms with Gasteiger partial charge in [0.05, 0.1) is 25.9 Å². The van der Waals surface area contributed by atoms with Gasteiger partial charge in [-0.3, -0.25) is 0 Å². The van der Waals surface area contributed by atoms with E-state index < -0.39 is 10.0 Å². The molecule has 9 nitrogen and oxygen atoms in total. The van der Waals surface area contributed by atoms with Gasteiger partial charge < -0.3 is 14.5 Å². The van der Waals surface area contributed by atoms with E-state index in [1.54, 1.807) is 18.2 Å². The van der Waals surface area contributed by atoms with Crippen molar-refractivity contribution in [2.45, 2.75) is 17.7 Å². The molecule has 3 rings (SSSR count). The minimum Gasteiger partial charge on any atom is -0.481 e. The second-order valence-electron chi connectivity index (χ2n) is 5.65. The molecule has 0 radical (unpaired) electrons. The molecule has 0 unspecified atom stereocenters. The predicted octanol–water partition coefficient (Wildman–Crippen LogP) is 2.99. The first-order chi connectivity index (χ1) is 13.4. The van der Waals surface area contributed by atoms with Crippen molar-refractivity contribution in [3.63, 3.8) is 0 Å². The Hall–Kier alpha value is -2.84. The van der Waals surface area contributed by atoms with Gasteiger partial charge in [0.25, 0.3) is 10.0 Å². The van der Waals surface area contributed by atoms with Crippen LogP contribution in [0.5, 0.6) is 11.8 Å². The smallest absolute Gasteiger partial charge is 0.266 e. The highest BCUT2D eigenvalue weighted by Gasteiger charge is 2.23. The van der Waals surface area contributed by atoms with Gasteiger partial charge >= 0.3 is 0 Å². The fourth-order valence-corrected chi connectivity index (χ4v) is 4.18. The van der Waals surface area contributed by atoms with E-state index in [4.69, 9.17) is 14.7 Å². The van der Waals surface area contributed by atoms with Gasteiger partial charge in [-0.25, -0.2) is 13.1 Å². The third-order valence-electron chi connectivity index (χ3n) is 3.93. The minimum atomic E-state index is -3.97. The van der Waals surface area contributed by atoms with Gasteiger partial charge in [0.1, 0.15) is 4.90 Å². The van der Waals surface area contributed by atoms with Crippen molar-refractivity contribution < 1.29 is 17.9 Å². The zero-order valence-electron chi connectivity index (χ0n) is 15.0. The molecule has 0 aliphatic carbocycles. The Morgan fingerprint density at radius 1 is 1.25 bits per heavy atom. The van der Waals surface area contributed by atoms with Crippen molar-refractivity contribution in [2.24, 2.45) is 0 Å². The largest absolute Gasteiger partial charge is 0.481 e. The van der Waals surface area contributed by atoms with E-state index in [9.17, 15) is 8.42 Å². The van der Waals surface area contributed by atoms with Gasteiger partial charge in [0, 0.05) is 28.0 Å². The van der Waals surface area contributed by atoms with Gasteiger partial charge in [-0.2, -0.15) is 15.2 Å². The summed E-state index contributed by atoms with van der Waals surface area (Å²) in [6, 6.07) is 7.25. The number of halogens is 1. The maximum atomic E-state index is 12.9. The number of nitrogens with one attached hydrogen (secondary N) is 2. The zero-order chi connectivity index (χ0) is 20.3. The molecule has 0 aliphatic rings. The monoisotopic (exact) mass is 465 g/mol. The van der Waals surface area contributed by atoms with Crippen LogP contribution in [0.15, 0.2) is 33.8 Å². The molecule has 0 bridgehead atoms. The Morgan fingerprint density at radius 3 is 2.54 bits per heavy atom. The van der Waals surface area contributed by atoms with E-state index in [1.807, 2.05) is 6.07 Å². The van der Waals surface area contributed by atoms with Crippen LogP contribution in [-0.4, -0.2) is 37.6 Å². The fourth-order valence-electron chi connectivity index (χ4n) is 2.69. The van der Waals surface area contributed by atoms with Crippen LogP contribution in [-0.2, 0) is 16.4 Å². The van der Waals surface area contributed by atoms with Gasteiger partial charge in [-0.15, -0.1) is 0 Å². The number of fused-ring (bicyclic) bond motifs is 1. The van der Waals surface area contributed by atoms with Crippen LogP contribution in [0.25, 0.3) is 10.9 Å². The summed E-state index contributed by atoms with van der Waals surface area (Å²) in [4.78, 5) is 11.2. The van der Waals surface area contributed by atoms with Crippen LogP contribution >= 0.6 is 15.9 Å². The molecule has 0 fully saturated rings. The molecule has 0 saturated heterocycles. The molecule has 2 aromatic heterocycles. The summed E-state index contributed by atoms with van der Waals surface area (Å²) in [5.74, 6) is 0.0891. The zero-order valence-corrected chi connectivity index (χ0v) is 17.4. The van der Waals surface area contributed by atoms with Crippen LogP contribution in [0.4, 0.5) is 5.95 Å². The molecule has 1 aromatic carbocycles. The van der Waals surface area contributed by atoms with Gasteiger partial charge in [0.15, 0.2) is 0 Å². The number of anilines is 1. The first-order valence-electron chi connectivity index (χ1n) is 8.05. The second-order valence-corrected chi connectivity index (χ2v) is 8.22. The summed E-state index contributed by atoms with van der Waals surface area (Å²) >= 11 is 3.35. The number of hydrogen-bond donors (Lipinski definition) is 2. The first kappa shape index (κ1) is 19.9. The van der Waals surface area contributed by atoms with E-state index in [1.165, 1.54) is 20.4 Å². The number of nitrogens with zero attached hydrogens (tertiary/aromatic N) is 3. The van der Waals surface area contributed by atoms with Crippen molar-refractivity contribution in [1.29, 1.82) is 5.26 Å². The van der Waals surface area contributed by atoms with Gasteiger partial charge in [0.2, 0.25) is 17.7 Å². The number of nitriles is 1. The van der Waals surface area contributed by atoms with Crippen molar-refractivity contribution in [3.8, 4) is 17.8 Å². The van der Waals surface area contributed by atoms with E-state index in [0.717, 1.165) is 4.47 Å². The molecular formula is C17H16BrN5O4S. The number of hydrogen-bond acceptors (Lipinski definition) is 7. The van der Waals surface area contributed by atoms with Crippen molar-refractivity contribution in [2.75, 3.05) is 18.9 Å². The summed E-state index contributed by atoms with van der Waals surface area (Å²) in [6.07, 6.45) is 1.93. The van der Waals surface area contributed by atoms with E-state index in [2.05, 4.69) is 35.6 Å². The summed E-state index contributed by atoms with van der Waals surface area (Å²) in [6.45, 7) is 0. The minimum absolute atomic E-state index is 0.0603. The molecule has 0 aliphatic heterocycles.